The molecule has 1 heterocycles. The molecule has 4 nitrogen and oxygen atoms in total. The summed E-state index contributed by atoms with van der Waals surface area (Å²) in [5.74, 6) is -0.191. The Labute approximate surface area is 154 Å². The molecular weight excluding hydrogens is 326 g/mol. The fourth-order valence-electron chi connectivity index (χ4n) is 3.63. The molecule has 0 radical (unpaired) electrons. The predicted molar refractivity (Wildman–Crippen MR) is 101 cm³/mol. The zero-order valence-corrected chi connectivity index (χ0v) is 14.9. The van der Waals surface area contributed by atoms with Crippen molar-refractivity contribution < 1.29 is 14.7 Å². The normalized spacial score (nSPS) is 17.5. The van der Waals surface area contributed by atoms with Crippen LogP contribution in [0.1, 0.15) is 53.1 Å². The molecule has 1 N–H and O–H groups in total. The molecule has 2 aromatic carbocycles. The van der Waals surface area contributed by atoms with Crippen LogP contribution < -0.4 is 0 Å². The third-order valence-electron chi connectivity index (χ3n) is 5.18. The molecule has 1 fully saturated rings. The predicted octanol–water partition coefficient (Wildman–Crippen LogP) is 4.11. The van der Waals surface area contributed by atoms with Crippen LogP contribution in [-0.4, -0.2) is 35.0 Å². The quantitative estimate of drug-likeness (QED) is 0.882. The molecule has 2 aromatic rings. The Morgan fingerprint density at radius 1 is 0.962 bits per heavy atom. The van der Waals surface area contributed by atoms with Crippen molar-refractivity contribution >= 4 is 11.9 Å². The average Bonchev–Trinajstić information content (AvgIpc) is 2.93. The first-order chi connectivity index (χ1) is 12.6. The lowest BCUT2D eigenvalue weighted by atomic mass is 9.92. The number of carbonyl (C=O) groups is 2. The minimum atomic E-state index is -0.926. The Bertz CT molecular complexity index is 740. The molecule has 1 atom stereocenters. The molecule has 0 aliphatic carbocycles. The minimum absolute atomic E-state index is 0.195. The Kier molecular flexibility index (Phi) is 6.05. The number of carboxylic acid groups (broad SMARTS) is 1. The monoisotopic (exact) mass is 351 g/mol. The summed E-state index contributed by atoms with van der Waals surface area (Å²) in [7, 11) is 0. The van der Waals surface area contributed by atoms with Crippen LogP contribution in [0, 0.1) is 0 Å². The van der Waals surface area contributed by atoms with Crippen molar-refractivity contribution in [3.63, 3.8) is 0 Å². The number of amides is 1. The minimum Gasteiger partial charge on any atom is -0.478 e. The highest BCUT2D eigenvalue weighted by Gasteiger charge is 2.21. The highest BCUT2D eigenvalue weighted by atomic mass is 16.4. The first-order valence-electron chi connectivity index (χ1n) is 9.28. The molecule has 1 aliphatic rings. The molecule has 0 aromatic heterocycles. The molecule has 1 saturated heterocycles. The van der Waals surface area contributed by atoms with E-state index in [1.54, 1.807) is 24.3 Å². The maximum atomic E-state index is 12.6. The Balaban J connectivity index is 1.51. The van der Waals surface area contributed by atoms with Crippen LogP contribution in [0.4, 0.5) is 0 Å². The number of likely N-dealkylation sites (tertiary alicyclic amines) is 1. The van der Waals surface area contributed by atoms with Gasteiger partial charge in [0, 0.05) is 19.5 Å². The molecule has 1 unspecified atom stereocenters. The number of rotatable bonds is 5. The van der Waals surface area contributed by atoms with Gasteiger partial charge in [-0.3, -0.25) is 4.79 Å². The van der Waals surface area contributed by atoms with Gasteiger partial charge in [-0.2, -0.15) is 0 Å². The summed E-state index contributed by atoms with van der Waals surface area (Å²) in [4.78, 5) is 25.5. The summed E-state index contributed by atoms with van der Waals surface area (Å²) >= 11 is 0. The van der Waals surface area contributed by atoms with Crippen LogP contribution in [-0.2, 0) is 11.2 Å². The van der Waals surface area contributed by atoms with Gasteiger partial charge in [-0.25, -0.2) is 4.79 Å². The molecular formula is C22H25NO3. The lowest BCUT2D eigenvalue weighted by Crippen LogP contribution is -2.32. The molecule has 3 rings (SSSR count). The van der Waals surface area contributed by atoms with Crippen molar-refractivity contribution in [2.45, 2.75) is 38.0 Å². The average molecular weight is 351 g/mol. The van der Waals surface area contributed by atoms with Crippen LogP contribution in [0.5, 0.6) is 0 Å². The Morgan fingerprint density at radius 3 is 2.38 bits per heavy atom. The number of aromatic carboxylic acids is 1. The van der Waals surface area contributed by atoms with Gasteiger partial charge in [0.2, 0.25) is 5.91 Å². The second kappa shape index (κ2) is 8.65. The van der Waals surface area contributed by atoms with E-state index in [0.29, 0.717) is 18.8 Å². The fraction of sp³-hybridized carbons (Fsp3) is 0.364. The summed E-state index contributed by atoms with van der Waals surface area (Å²) < 4.78 is 0. The van der Waals surface area contributed by atoms with Crippen LogP contribution in [0.25, 0.3) is 0 Å². The second-order valence-corrected chi connectivity index (χ2v) is 6.92. The van der Waals surface area contributed by atoms with Crippen LogP contribution in [0.15, 0.2) is 54.6 Å². The summed E-state index contributed by atoms with van der Waals surface area (Å²) in [6, 6.07) is 17.4. The van der Waals surface area contributed by atoms with Crippen molar-refractivity contribution in [1.29, 1.82) is 0 Å². The zero-order valence-electron chi connectivity index (χ0n) is 14.9. The lowest BCUT2D eigenvalue weighted by molar-refractivity contribution is -0.131. The summed E-state index contributed by atoms with van der Waals surface area (Å²) in [6.45, 7) is 1.65. The number of benzene rings is 2. The fourth-order valence-corrected chi connectivity index (χ4v) is 3.63. The Morgan fingerprint density at radius 2 is 1.69 bits per heavy atom. The zero-order chi connectivity index (χ0) is 18.4. The van der Waals surface area contributed by atoms with E-state index >= 15 is 0 Å². The highest BCUT2D eigenvalue weighted by molar-refractivity contribution is 5.87. The molecule has 136 valence electrons. The van der Waals surface area contributed by atoms with E-state index in [1.165, 1.54) is 5.56 Å². The van der Waals surface area contributed by atoms with Gasteiger partial charge < -0.3 is 10.0 Å². The number of aryl methyl sites for hydroxylation is 1. The van der Waals surface area contributed by atoms with Gasteiger partial charge in [0.25, 0.3) is 0 Å². The maximum absolute atomic E-state index is 12.6. The smallest absolute Gasteiger partial charge is 0.335 e. The van der Waals surface area contributed by atoms with Crippen LogP contribution >= 0.6 is 0 Å². The standard InChI is InChI=1S/C22H25NO3/c24-21(13-10-17-8-11-20(12-9-17)22(25)26)23-15-4-7-19(14-16-23)18-5-2-1-3-6-18/h1-3,5-6,8-9,11-12,19H,4,7,10,13-16H2,(H,25,26). The molecule has 4 heteroatoms. The second-order valence-electron chi connectivity index (χ2n) is 6.92. The summed E-state index contributed by atoms with van der Waals surface area (Å²) in [5.41, 5.74) is 2.65. The van der Waals surface area contributed by atoms with E-state index in [4.69, 9.17) is 5.11 Å². The molecule has 0 bridgehead atoms. The lowest BCUT2D eigenvalue weighted by Gasteiger charge is -2.21. The van der Waals surface area contributed by atoms with Crippen molar-refractivity contribution in [2.24, 2.45) is 0 Å². The van der Waals surface area contributed by atoms with E-state index in [2.05, 4.69) is 24.3 Å². The van der Waals surface area contributed by atoms with Gasteiger partial charge in [0.05, 0.1) is 5.56 Å². The van der Waals surface area contributed by atoms with E-state index in [-0.39, 0.29) is 11.5 Å². The van der Waals surface area contributed by atoms with Crippen molar-refractivity contribution in [3.8, 4) is 0 Å². The molecule has 26 heavy (non-hydrogen) atoms. The first kappa shape index (κ1) is 18.2. The third kappa shape index (κ3) is 4.72. The molecule has 0 spiro atoms. The van der Waals surface area contributed by atoms with E-state index in [1.807, 2.05) is 11.0 Å². The van der Waals surface area contributed by atoms with E-state index in [0.717, 1.165) is 37.9 Å². The number of hydrogen-bond donors (Lipinski definition) is 1. The number of carbonyl (C=O) groups excluding carboxylic acids is 1. The van der Waals surface area contributed by atoms with Gasteiger partial charge >= 0.3 is 5.97 Å². The van der Waals surface area contributed by atoms with E-state index in [9.17, 15) is 9.59 Å². The topological polar surface area (TPSA) is 57.6 Å². The van der Waals surface area contributed by atoms with Crippen LogP contribution in [0.2, 0.25) is 0 Å². The third-order valence-corrected chi connectivity index (χ3v) is 5.18. The van der Waals surface area contributed by atoms with Crippen molar-refractivity contribution in [2.75, 3.05) is 13.1 Å². The SMILES string of the molecule is O=C(O)c1ccc(CCC(=O)N2CCCC(c3ccccc3)CC2)cc1. The van der Waals surface area contributed by atoms with Crippen LogP contribution in [0.3, 0.4) is 0 Å². The molecule has 1 amide bonds. The molecule has 1 aliphatic heterocycles. The highest BCUT2D eigenvalue weighted by Crippen LogP contribution is 2.28. The van der Waals surface area contributed by atoms with Crippen molar-refractivity contribution in [3.05, 3.63) is 71.3 Å². The Hall–Kier alpha value is -2.62. The molecule has 0 saturated carbocycles. The number of nitrogens with zero attached hydrogens (tertiary/aromatic N) is 1. The first-order valence-corrected chi connectivity index (χ1v) is 9.28. The van der Waals surface area contributed by atoms with Gasteiger partial charge in [0.15, 0.2) is 0 Å². The van der Waals surface area contributed by atoms with Gasteiger partial charge in [-0.05, 0) is 54.9 Å². The van der Waals surface area contributed by atoms with Gasteiger partial charge in [-0.15, -0.1) is 0 Å². The largest absolute Gasteiger partial charge is 0.478 e. The van der Waals surface area contributed by atoms with Gasteiger partial charge in [0.1, 0.15) is 0 Å². The van der Waals surface area contributed by atoms with E-state index < -0.39 is 5.97 Å². The maximum Gasteiger partial charge on any atom is 0.335 e. The van der Waals surface area contributed by atoms with Crippen molar-refractivity contribution in [1.82, 2.24) is 4.90 Å². The number of hydrogen-bond acceptors (Lipinski definition) is 2. The number of carboxylic acids is 1. The van der Waals surface area contributed by atoms with Gasteiger partial charge in [-0.1, -0.05) is 42.5 Å². The summed E-state index contributed by atoms with van der Waals surface area (Å²) in [5, 5.41) is 8.93. The summed E-state index contributed by atoms with van der Waals surface area (Å²) in [6.07, 6.45) is 4.31.